The Bertz CT molecular complexity index is 297. The maximum absolute atomic E-state index is 11.6. The first kappa shape index (κ1) is 11.6. The van der Waals surface area contributed by atoms with E-state index in [0.717, 1.165) is 19.3 Å². The number of carbonyl (C=O) groups excluding carboxylic acids is 1. The van der Waals surface area contributed by atoms with Crippen molar-refractivity contribution in [3.8, 4) is 0 Å². The van der Waals surface area contributed by atoms with Gasteiger partial charge >= 0.3 is 0 Å². The number of hydrogen-bond donors (Lipinski definition) is 2. The minimum absolute atomic E-state index is 0.0501. The Morgan fingerprint density at radius 1 is 1.25 bits per heavy atom. The van der Waals surface area contributed by atoms with Crippen LogP contribution in [-0.4, -0.2) is 47.3 Å². The number of hydrogen-bond acceptors (Lipinski definition) is 3. The van der Waals surface area contributed by atoms with Gasteiger partial charge in [-0.05, 0) is 18.9 Å². The van der Waals surface area contributed by atoms with Crippen molar-refractivity contribution >= 4 is 5.91 Å². The van der Waals surface area contributed by atoms with Crippen molar-refractivity contribution in [2.24, 2.45) is 10.8 Å². The first-order valence-electron chi connectivity index (χ1n) is 5.76. The van der Waals surface area contributed by atoms with Gasteiger partial charge in [0, 0.05) is 23.9 Å². The molecule has 2 fully saturated rings. The summed E-state index contributed by atoms with van der Waals surface area (Å²) in [6.45, 7) is 4.68. The lowest BCUT2D eigenvalue weighted by Crippen LogP contribution is -2.41. The van der Waals surface area contributed by atoms with Gasteiger partial charge in [-0.15, -0.1) is 0 Å². The summed E-state index contributed by atoms with van der Waals surface area (Å²) in [7, 11) is 0. The number of nitrogens with zero attached hydrogens (tertiary/aromatic N) is 1. The fourth-order valence-corrected chi connectivity index (χ4v) is 3.45. The van der Waals surface area contributed by atoms with Crippen molar-refractivity contribution in [3.05, 3.63) is 12.7 Å². The number of aliphatic hydroxyl groups excluding tert-OH is 2. The third kappa shape index (κ3) is 1.33. The summed E-state index contributed by atoms with van der Waals surface area (Å²) in [6.07, 6.45) is 4.12. The van der Waals surface area contributed by atoms with E-state index in [0.29, 0.717) is 13.1 Å². The van der Waals surface area contributed by atoms with E-state index in [1.54, 1.807) is 4.90 Å². The van der Waals surface area contributed by atoms with Crippen LogP contribution in [0.2, 0.25) is 0 Å². The number of carbonyl (C=O) groups is 1. The van der Waals surface area contributed by atoms with Crippen molar-refractivity contribution in [2.45, 2.75) is 19.3 Å². The third-order valence-electron chi connectivity index (χ3n) is 4.51. The number of rotatable bonds is 3. The van der Waals surface area contributed by atoms with Crippen LogP contribution in [-0.2, 0) is 4.79 Å². The second kappa shape index (κ2) is 3.86. The van der Waals surface area contributed by atoms with Crippen LogP contribution in [0.25, 0.3) is 0 Å². The molecule has 1 aliphatic carbocycles. The maximum Gasteiger partial charge on any atom is 0.245 e. The molecule has 0 aromatic heterocycles. The molecule has 2 aliphatic rings. The molecule has 1 saturated heterocycles. The molecule has 2 atom stereocenters. The average molecular weight is 225 g/mol. The van der Waals surface area contributed by atoms with E-state index in [4.69, 9.17) is 0 Å². The Morgan fingerprint density at radius 3 is 2.12 bits per heavy atom. The second-order valence-electron chi connectivity index (χ2n) is 5.13. The Labute approximate surface area is 95.6 Å². The highest BCUT2D eigenvalue weighted by Gasteiger charge is 2.60. The van der Waals surface area contributed by atoms with Gasteiger partial charge in [-0.25, -0.2) is 0 Å². The zero-order valence-electron chi connectivity index (χ0n) is 9.48. The van der Waals surface area contributed by atoms with Gasteiger partial charge < -0.3 is 15.1 Å². The lowest BCUT2D eigenvalue weighted by Gasteiger charge is -2.36. The average Bonchev–Trinajstić information content (AvgIpc) is 2.80. The van der Waals surface area contributed by atoms with Crippen molar-refractivity contribution in [1.82, 2.24) is 4.90 Å². The fourth-order valence-electron chi connectivity index (χ4n) is 3.45. The largest absolute Gasteiger partial charge is 0.396 e. The molecule has 16 heavy (non-hydrogen) atoms. The first-order chi connectivity index (χ1) is 7.63. The quantitative estimate of drug-likeness (QED) is 0.672. The molecular weight excluding hydrogens is 206 g/mol. The lowest BCUT2D eigenvalue weighted by molar-refractivity contribution is -0.125. The minimum Gasteiger partial charge on any atom is -0.396 e. The molecule has 1 aliphatic heterocycles. The molecule has 4 nitrogen and oxygen atoms in total. The van der Waals surface area contributed by atoms with Crippen LogP contribution in [0.15, 0.2) is 12.7 Å². The van der Waals surface area contributed by atoms with Crippen molar-refractivity contribution in [1.29, 1.82) is 0 Å². The van der Waals surface area contributed by atoms with Gasteiger partial charge in [0.2, 0.25) is 5.91 Å². The van der Waals surface area contributed by atoms with E-state index in [1.807, 2.05) is 0 Å². The Hall–Kier alpha value is -0.870. The molecule has 0 bridgehead atoms. The summed E-state index contributed by atoms with van der Waals surface area (Å²) < 4.78 is 0. The maximum atomic E-state index is 11.6. The predicted octanol–water partition coefficient (Wildman–Crippen LogP) is 0.156. The van der Waals surface area contributed by atoms with Crippen molar-refractivity contribution < 1.29 is 15.0 Å². The lowest BCUT2D eigenvalue weighted by atomic mass is 9.69. The minimum atomic E-state index is -0.291. The third-order valence-corrected chi connectivity index (χ3v) is 4.51. The number of fused-ring (bicyclic) bond motifs is 1. The molecule has 90 valence electrons. The number of amides is 1. The van der Waals surface area contributed by atoms with E-state index in [-0.39, 0.29) is 30.0 Å². The van der Waals surface area contributed by atoms with Gasteiger partial charge in [0.05, 0.1) is 13.2 Å². The molecule has 0 radical (unpaired) electrons. The molecule has 0 aromatic rings. The molecular formula is C12H19NO3. The summed E-state index contributed by atoms with van der Waals surface area (Å²) in [5.74, 6) is -0.102. The van der Waals surface area contributed by atoms with Crippen LogP contribution in [0, 0.1) is 10.8 Å². The van der Waals surface area contributed by atoms with Crippen LogP contribution in [0.4, 0.5) is 0 Å². The summed E-state index contributed by atoms with van der Waals surface area (Å²) in [5, 5.41) is 19.2. The monoisotopic (exact) mass is 225 g/mol. The van der Waals surface area contributed by atoms with Crippen LogP contribution < -0.4 is 0 Å². The smallest absolute Gasteiger partial charge is 0.245 e. The van der Waals surface area contributed by atoms with E-state index in [9.17, 15) is 15.0 Å². The molecule has 2 rings (SSSR count). The SMILES string of the molecule is C=CC(=O)N1C[C@]2(CO)CCC[C@]2(CO)C1. The zero-order valence-corrected chi connectivity index (χ0v) is 9.48. The molecule has 1 amide bonds. The van der Waals surface area contributed by atoms with Crippen molar-refractivity contribution in [2.75, 3.05) is 26.3 Å². The summed E-state index contributed by atoms with van der Waals surface area (Å²) in [5.41, 5.74) is -0.582. The fraction of sp³-hybridized carbons (Fsp3) is 0.750. The normalized spacial score (nSPS) is 37.5. The Morgan fingerprint density at radius 2 is 1.75 bits per heavy atom. The van der Waals surface area contributed by atoms with Crippen LogP contribution >= 0.6 is 0 Å². The molecule has 4 heteroatoms. The molecule has 1 saturated carbocycles. The van der Waals surface area contributed by atoms with Crippen molar-refractivity contribution in [3.63, 3.8) is 0 Å². The highest BCUT2D eigenvalue weighted by molar-refractivity contribution is 5.87. The molecule has 2 N–H and O–H groups in total. The Kier molecular flexibility index (Phi) is 2.80. The van der Waals surface area contributed by atoms with Gasteiger partial charge in [-0.2, -0.15) is 0 Å². The van der Waals surface area contributed by atoms with E-state index >= 15 is 0 Å². The van der Waals surface area contributed by atoms with Gasteiger partial charge in [0.1, 0.15) is 0 Å². The molecule has 0 aromatic carbocycles. The van der Waals surface area contributed by atoms with Crippen LogP contribution in [0.1, 0.15) is 19.3 Å². The standard InChI is InChI=1S/C12H19NO3/c1-2-10(16)13-6-11(8-14)4-3-5-12(11,7-13)9-15/h2,14-15H,1,3-9H2/t11-,12+. The number of aliphatic hydroxyl groups is 2. The van der Waals surface area contributed by atoms with Gasteiger partial charge in [0.15, 0.2) is 0 Å². The van der Waals surface area contributed by atoms with Gasteiger partial charge in [-0.3, -0.25) is 4.79 Å². The van der Waals surface area contributed by atoms with Gasteiger partial charge in [0.25, 0.3) is 0 Å². The van der Waals surface area contributed by atoms with Gasteiger partial charge in [-0.1, -0.05) is 13.0 Å². The van der Waals surface area contributed by atoms with E-state index < -0.39 is 0 Å². The molecule has 0 unspecified atom stereocenters. The highest BCUT2D eigenvalue weighted by atomic mass is 16.3. The predicted molar refractivity (Wildman–Crippen MR) is 59.7 cm³/mol. The molecule has 0 spiro atoms. The van der Waals surface area contributed by atoms with Crippen LogP contribution in [0.3, 0.4) is 0 Å². The Balaban J connectivity index is 2.28. The van der Waals surface area contributed by atoms with Crippen LogP contribution in [0.5, 0.6) is 0 Å². The number of likely N-dealkylation sites (tertiary alicyclic amines) is 1. The summed E-state index contributed by atoms with van der Waals surface area (Å²) in [4.78, 5) is 13.3. The zero-order chi connectivity index (χ0) is 11.8. The van der Waals surface area contributed by atoms with E-state index in [1.165, 1.54) is 6.08 Å². The summed E-state index contributed by atoms with van der Waals surface area (Å²) >= 11 is 0. The summed E-state index contributed by atoms with van der Waals surface area (Å²) in [6, 6.07) is 0. The second-order valence-corrected chi connectivity index (χ2v) is 5.13. The highest BCUT2D eigenvalue weighted by Crippen LogP contribution is 2.57. The first-order valence-corrected chi connectivity index (χ1v) is 5.76. The topological polar surface area (TPSA) is 60.8 Å². The molecule has 1 heterocycles. The van der Waals surface area contributed by atoms with E-state index in [2.05, 4.69) is 6.58 Å².